The summed E-state index contributed by atoms with van der Waals surface area (Å²) in [6, 6.07) is 0. The van der Waals surface area contributed by atoms with Gasteiger partial charge < -0.3 is 10.2 Å². The highest BCUT2D eigenvalue weighted by atomic mass is 16.2. The first-order chi connectivity index (χ1) is 9.33. The minimum Gasteiger partial charge on any atom is -0.318 e. The Balaban J connectivity index is 2.30. The average Bonchev–Trinajstić information content (AvgIpc) is 2.83. The van der Waals surface area contributed by atoms with Crippen molar-refractivity contribution in [2.45, 2.75) is 57.5 Å². The van der Waals surface area contributed by atoms with Crippen LogP contribution in [0.2, 0.25) is 0 Å². The standard InChI is InChI=1S/C14H23N3O3/c1-4-6-14(7-5-8-15-14)12(20)17-9-10(18)16-11(19)13(17,2)3/h15H,4-9H2,1-3H3,(H,16,18,19). The van der Waals surface area contributed by atoms with E-state index in [1.807, 2.05) is 6.92 Å². The molecule has 0 aliphatic carbocycles. The Morgan fingerprint density at radius 2 is 2.05 bits per heavy atom. The summed E-state index contributed by atoms with van der Waals surface area (Å²) in [6.07, 6.45) is 3.32. The normalized spacial score (nSPS) is 29.4. The number of imide groups is 1. The molecule has 6 heteroatoms. The van der Waals surface area contributed by atoms with Crippen LogP contribution in [0.4, 0.5) is 0 Å². The van der Waals surface area contributed by atoms with Crippen molar-refractivity contribution < 1.29 is 14.4 Å². The summed E-state index contributed by atoms with van der Waals surface area (Å²) >= 11 is 0. The molecular weight excluding hydrogens is 258 g/mol. The predicted molar refractivity (Wildman–Crippen MR) is 73.8 cm³/mol. The van der Waals surface area contributed by atoms with Crippen molar-refractivity contribution >= 4 is 17.7 Å². The van der Waals surface area contributed by atoms with Crippen LogP contribution in [0.25, 0.3) is 0 Å². The van der Waals surface area contributed by atoms with E-state index in [1.54, 1.807) is 13.8 Å². The predicted octanol–water partition coefficient (Wildman–Crippen LogP) is 0.172. The zero-order valence-electron chi connectivity index (χ0n) is 12.4. The van der Waals surface area contributed by atoms with Crippen molar-refractivity contribution in [3.63, 3.8) is 0 Å². The molecule has 2 heterocycles. The number of carbonyl (C=O) groups excluding carboxylic acids is 3. The van der Waals surface area contributed by atoms with Gasteiger partial charge >= 0.3 is 0 Å². The lowest BCUT2D eigenvalue weighted by atomic mass is 9.87. The van der Waals surface area contributed by atoms with Crippen LogP contribution in [0.15, 0.2) is 0 Å². The van der Waals surface area contributed by atoms with Crippen LogP contribution in [0.1, 0.15) is 46.5 Å². The number of rotatable bonds is 3. The minimum atomic E-state index is -0.990. The second-order valence-corrected chi connectivity index (χ2v) is 6.19. The monoisotopic (exact) mass is 281 g/mol. The highest BCUT2D eigenvalue weighted by molar-refractivity contribution is 6.07. The molecule has 2 rings (SSSR count). The summed E-state index contributed by atoms with van der Waals surface area (Å²) < 4.78 is 0. The van der Waals surface area contributed by atoms with Crippen LogP contribution in [-0.2, 0) is 14.4 Å². The van der Waals surface area contributed by atoms with Gasteiger partial charge in [0.1, 0.15) is 12.1 Å². The summed E-state index contributed by atoms with van der Waals surface area (Å²) in [7, 11) is 0. The maximum atomic E-state index is 13.0. The third-order valence-corrected chi connectivity index (χ3v) is 4.36. The molecule has 0 aromatic carbocycles. The summed E-state index contributed by atoms with van der Waals surface area (Å²) in [4.78, 5) is 38.0. The van der Waals surface area contributed by atoms with Crippen LogP contribution in [-0.4, -0.2) is 46.8 Å². The summed E-state index contributed by atoms with van der Waals surface area (Å²) in [6.45, 7) is 6.15. The summed E-state index contributed by atoms with van der Waals surface area (Å²) in [5, 5.41) is 5.60. The van der Waals surface area contributed by atoms with Crippen LogP contribution >= 0.6 is 0 Å². The molecule has 20 heavy (non-hydrogen) atoms. The molecule has 0 bridgehead atoms. The Hall–Kier alpha value is -1.43. The van der Waals surface area contributed by atoms with Crippen molar-refractivity contribution in [1.29, 1.82) is 0 Å². The SMILES string of the molecule is CCCC1(C(=O)N2CC(=O)NC(=O)C2(C)C)CCCN1. The highest BCUT2D eigenvalue weighted by Crippen LogP contribution is 2.30. The van der Waals surface area contributed by atoms with E-state index < -0.39 is 22.9 Å². The first kappa shape index (κ1) is 15.0. The van der Waals surface area contributed by atoms with Gasteiger partial charge in [0, 0.05) is 0 Å². The molecule has 1 atom stereocenters. The number of hydrogen-bond acceptors (Lipinski definition) is 4. The second kappa shape index (κ2) is 5.16. The van der Waals surface area contributed by atoms with Gasteiger partial charge in [0.15, 0.2) is 0 Å². The molecule has 2 fully saturated rings. The Morgan fingerprint density at radius 3 is 2.60 bits per heavy atom. The Labute approximate surface area is 119 Å². The molecule has 3 amide bonds. The van der Waals surface area contributed by atoms with Gasteiger partial charge in [-0.1, -0.05) is 13.3 Å². The highest BCUT2D eigenvalue weighted by Gasteiger charge is 2.50. The van der Waals surface area contributed by atoms with Crippen LogP contribution in [0.3, 0.4) is 0 Å². The molecule has 2 saturated heterocycles. The Kier molecular flexibility index (Phi) is 3.86. The van der Waals surface area contributed by atoms with Gasteiger partial charge in [-0.05, 0) is 39.7 Å². The van der Waals surface area contributed by atoms with E-state index in [-0.39, 0.29) is 12.5 Å². The molecule has 0 spiro atoms. The third-order valence-electron chi connectivity index (χ3n) is 4.36. The largest absolute Gasteiger partial charge is 0.318 e. The Bertz CT molecular complexity index is 439. The van der Waals surface area contributed by atoms with Gasteiger partial charge in [0.25, 0.3) is 5.91 Å². The molecule has 0 saturated carbocycles. The molecule has 6 nitrogen and oxygen atoms in total. The number of nitrogens with zero attached hydrogens (tertiary/aromatic N) is 1. The first-order valence-electron chi connectivity index (χ1n) is 7.25. The zero-order valence-corrected chi connectivity index (χ0v) is 12.4. The maximum absolute atomic E-state index is 13.0. The van der Waals surface area contributed by atoms with E-state index in [9.17, 15) is 14.4 Å². The van der Waals surface area contributed by atoms with E-state index in [2.05, 4.69) is 10.6 Å². The van der Waals surface area contributed by atoms with Gasteiger partial charge in [-0.15, -0.1) is 0 Å². The lowest BCUT2D eigenvalue weighted by Crippen LogP contribution is -2.69. The van der Waals surface area contributed by atoms with E-state index in [0.29, 0.717) is 0 Å². The van der Waals surface area contributed by atoms with Gasteiger partial charge in [-0.2, -0.15) is 0 Å². The van der Waals surface area contributed by atoms with E-state index in [1.165, 1.54) is 4.90 Å². The second-order valence-electron chi connectivity index (χ2n) is 6.19. The number of amides is 3. The van der Waals surface area contributed by atoms with Crippen molar-refractivity contribution in [2.24, 2.45) is 0 Å². The Morgan fingerprint density at radius 1 is 1.35 bits per heavy atom. The molecule has 0 radical (unpaired) electrons. The lowest BCUT2D eigenvalue weighted by molar-refractivity contribution is -0.159. The molecule has 0 aromatic heterocycles. The third kappa shape index (κ3) is 2.32. The topological polar surface area (TPSA) is 78.5 Å². The fourth-order valence-electron chi connectivity index (χ4n) is 3.10. The lowest BCUT2D eigenvalue weighted by Gasteiger charge is -2.44. The molecule has 112 valence electrons. The van der Waals surface area contributed by atoms with Gasteiger partial charge in [0.2, 0.25) is 11.8 Å². The number of nitrogens with one attached hydrogen (secondary N) is 2. The summed E-state index contributed by atoms with van der Waals surface area (Å²) in [5.41, 5.74) is -1.60. The molecule has 1 unspecified atom stereocenters. The van der Waals surface area contributed by atoms with Gasteiger partial charge in [-0.25, -0.2) is 0 Å². The van der Waals surface area contributed by atoms with Crippen LogP contribution in [0, 0.1) is 0 Å². The molecule has 2 N–H and O–H groups in total. The van der Waals surface area contributed by atoms with Crippen molar-refractivity contribution in [1.82, 2.24) is 15.5 Å². The smallest absolute Gasteiger partial charge is 0.252 e. The molecular formula is C14H23N3O3. The number of hydrogen-bond donors (Lipinski definition) is 2. The quantitative estimate of drug-likeness (QED) is 0.723. The van der Waals surface area contributed by atoms with E-state index in [0.717, 1.165) is 32.2 Å². The summed E-state index contributed by atoms with van der Waals surface area (Å²) in [5.74, 6) is -0.941. The maximum Gasteiger partial charge on any atom is 0.252 e. The average molecular weight is 281 g/mol. The van der Waals surface area contributed by atoms with E-state index in [4.69, 9.17) is 0 Å². The number of carbonyl (C=O) groups is 3. The molecule has 2 aliphatic heterocycles. The van der Waals surface area contributed by atoms with Gasteiger partial charge in [-0.3, -0.25) is 19.7 Å². The van der Waals surface area contributed by atoms with Crippen molar-refractivity contribution in [3.05, 3.63) is 0 Å². The molecule has 0 aromatic rings. The van der Waals surface area contributed by atoms with Gasteiger partial charge in [0.05, 0.1) is 5.54 Å². The fourth-order valence-corrected chi connectivity index (χ4v) is 3.10. The van der Waals surface area contributed by atoms with Crippen molar-refractivity contribution in [3.8, 4) is 0 Å². The van der Waals surface area contributed by atoms with E-state index >= 15 is 0 Å². The number of piperazine rings is 1. The van der Waals surface area contributed by atoms with Crippen molar-refractivity contribution in [2.75, 3.05) is 13.1 Å². The molecule has 2 aliphatic rings. The minimum absolute atomic E-state index is 0.0509. The first-order valence-corrected chi connectivity index (χ1v) is 7.25. The zero-order chi connectivity index (χ0) is 15.0. The van der Waals surface area contributed by atoms with Crippen LogP contribution in [0.5, 0.6) is 0 Å². The fraction of sp³-hybridized carbons (Fsp3) is 0.786. The van der Waals surface area contributed by atoms with Crippen LogP contribution < -0.4 is 10.6 Å².